The molecule has 200 valence electrons. The van der Waals surface area contributed by atoms with Crippen LogP contribution in [0.4, 0.5) is 0 Å². The second-order valence-corrected chi connectivity index (χ2v) is 15.0. The molecule has 4 rings (SSSR count). The summed E-state index contributed by atoms with van der Waals surface area (Å²) in [5, 5.41) is 12.4. The molecule has 0 amide bonds. The highest BCUT2D eigenvalue weighted by Gasteiger charge is 2.51. The fraction of sp³-hybridized carbons (Fsp3) is 0.344. The minimum atomic E-state index is -2.86. The number of ether oxygens (including phenoxy) is 2. The van der Waals surface area contributed by atoms with Crippen LogP contribution >= 0.6 is 0 Å². The van der Waals surface area contributed by atoms with Gasteiger partial charge in [0.2, 0.25) is 0 Å². The monoisotopic (exact) mass is 530 g/mol. The van der Waals surface area contributed by atoms with E-state index in [2.05, 4.69) is 45.0 Å². The van der Waals surface area contributed by atoms with E-state index in [4.69, 9.17) is 13.9 Å². The van der Waals surface area contributed by atoms with E-state index in [1.807, 2.05) is 78.9 Å². The number of hydrogen-bond donors (Lipinski definition) is 1. The fourth-order valence-electron chi connectivity index (χ4n) is 5.07. The third-order valence-electron chi connectivity index (χ3n) is 7.04. The summed E-state index contributed by atoms with van der Waals surface area (Å²) in [6.07, 6.45) is 2.19. The SMILES string of the molecule is CC(C)(C)[Si](OC[C@H]1OC(=O)[C@@H](O)C/C=C\C[C@@H]1OCc1ccccc1)(c1ccccc1)c1ccccc1. The Bertz CT molecular complexity index is 1140. The molecule has 0 unspecified atom stereocenters. The first-order valence-corrected chi connectivity index (χ1v) is 15.2. The first-order valence-electron chi connectivity index (χ1n) is 13.3. The minimum absolute atomic E-state index is 0.152. The average molecular weight is 531 g/mol. The standard InChI is InChI=1S/C32H38O5Si/c1-32(2,3)38(26-17-9-5-10-18-26,27-19-11-6-12-20-27)36-24-30-29(35-23-25-15-7-4-8-16-25)22-14-13-21-28(33)31(34)37-30/h4-20,28-30,33H,21-24H2,1-3H3/b14-13-/t28-,29-,30+/m0/s1. The van der Waals surface area contributed by atoms with Crippen LogP contribution in [0.3, 0.4) is 0 Å². The summed E-state index contributed by atoms with van der Waals surface area (Å²) in [6.45, 7) is 7.17. The number of rotatable bonds is 8. The molecule has 5 nitrogen and oxygen atoms in total. The highest BCUT2D eigenvalue weighted by atomic mass is 28.4. The highest BCUT2D eigenvalue weighted by molar-refractivity contribution is 6.99. The maximum Gasteiger partial charge on any atom is 0.335 e. The number of aliphatic hydroxyl groups excluding tert-OH is 1. The van der Waals surface area contributed by atoms with Crippen molar-refractivity contribution >= 4 is 24.7 Å². The summed E-state index contributed by atoms with van der Waals surface area (Å²) in [4.78, 5) is 12.8. The smallest absolute Gasteiger partial charge is 0.335 e. The second-order valence-electron chi connectivity index (χ2n) is 10.7. The predicted molar refractivity (Wildman–Crippen MR) is 153 cm³/mol. The van der Waals surface area contributed by atoms with Crippen molar-refractivity contribution in [1.29, 1.82) is 0 Å². The number of hydrogen-bond acceptors (Lipinski definition) is 5. The van der Waals surface area contributed by atoms with Crippen LogP contribution in [0.2, 0.25) is 5.04 Å². The lowest BCUT2D eigenvalue weighted by atomic mass is 10.1. The van der Waals surface area contributed by atoms with Gasteiger partial charge in [0.15, 0.2) is 12.2 Å². The van der Waals surface area contributed by atoms with Crippen molar-refractivity contribution in [1.82, 2.24) is 0 Å². The highest BCUT2D eigenvalue weighted by Crippen LogP contribution is 2.37. The molecule has 1 N–H and O–H groups in total. The molecule has 0 fully saturated rings. The maximum atomic E-state index is 12.8. The molecule has 0 radical (unpaired) electrons. The molecular formula is C32H38O5Si. The summed E-state index contributed by atoms with van der Waals surface area (Å²) < 4.78 is 19.3. The Balaban J connectivity index is 1.69. The van der Waals surface area contributed by atoms with Gasteiger partial charge in [-0.25, -0.2) is 4.79 Å². The van der Waals surface area contributed by atoms with Crippen molar-refractivity contribution in [2.45, 2.75) is 63.6 Å². The summed E-state index contributed by atoms with van der Waals surface area (Å²) >= 11 is 0. The molecule has 6 heteroatoms. The van der Waals surface area contributed by atoms with Crippen molar-refractivity contribution in [3.05, 3.63) is 109 Å². The van der Waals surface area contributed by atoms with Gasteiger partial charge in [0.05, 0.1) is 13.2 Å². The van der Waals surface area contributed by atoms with E-state index in [1.165, 1.54) is 0 Å². The van der Waals surface area contributed by atoms with E-state index in [1.54, 1.807) is 0 Å². The van der Waals surface area contributed by atoms with Gasteiger partial charge in [-0.1, -0.05) is 124 Å². The molecular weight excluding hydrogens is 492 g/mol. The van der Waals surface area contributed by atoms with Gasteiger partial charge >= 0.3 is 5.97 Å². The number of cyclic esters (lactones) is 1. The lowest BCUT2D eigenvalue weighted by molar-refractivity contribution is -0.170. The van der Waals surface area contributed by atoms with Gasteiger partial charge in [0.25, 0.3) is 8.32 Å². The third kappa shape index (κ3) is 6.50. The van der Waals surface area contributed by atoms with Gasteiger partial charge in [-0.3, -0.25) is 0 Å². The van der Waals surface area contributed by atoms with E-state index >= 15 is 0 Å². The summed E-state index contributed by atoms with van der Waals surface area (Å²) in [5.41, 5.74) is 1.04. The van der Waals surface area contributed by atoms with Crippen molar-refractivity contribution in [3.63, 3.8) is 0 Å². The molecule has 1 aliphatic rings. The van der Waals surface area contributed by atoms with Gasteiger partial charge in [0, 0.05) is 6.42 Å². The zero-order valence-electron chi connectivity index (χ0n) is 22.5. The quantitative estimate of drug-likeness (QED) is 0.258. The third-order valence-corrected chi connectivity index (χ3v) is 12.0. The van der Waals surface area contributed by atoms with Crippen LogP contribution < -0.4 is 10.4 Å². The van der Waals surface area contributed by atoms with Crippen LogP contribution in [0.1, 0.15) is 39.2 Å². The van der Waals surface area contributed by atoms with Gasteiger partial charge in [-0.05, 0) is 27.4 Å². The van der Waals surface area contributed by atoms with E-state index in [0.29, 0.717) is 13.0 Å². The normalized spacial score (nSPS) is 21.6. The number of carbonyl (C=O) groups excluding carboxylic acids is 1. The van der Waals surface area contributed by atoms with Crippen LogP contribution in [0.15, 0.2) is 103 Å². The molecule has 3 aromatic carbocycles. The molecule has 3 aromatic rings. The zero-order valence-corrected chi connectivity index (χ0v) is 23.5. The Morgan fingerprint density at radius 1 is 0.842 bits per heavy atom. The van der Waals surface area contributed by atoms with Crippen LogP contribution in [0.25, 0.3) is 0 Å². The molecule has 1 aliphatic heterocycles. The van der Waals surface area contributed by atoms with Gasteiger partial charge in [-0.15, -0.1) is 0 Å². The molecule has 38 heavy (non-hydrogen) atoms. The van der Waals surface area contributed by atoms with E-state index in [9.17, 15) is 9.90 Å². The van der Waals surface area contributed by atoms with Crippen molar-refractivity contribution in [2.75, 3.05) is 6.61 Å². The van der Waals surface area contributed by atoms with Crippen molar-refractivity contribution in [3.8, 4) is 0 Å². The number of esters is 1. The fourth-order valence-corrected chi connectivity index (χ4v) is 9.64. The number of aliphatic hydroxyl groups is 1. The lowest BCUT2D eigenvalue weighted by Gasteiger charge is -2.44. The molecule has 0 saturated heterocycles. The largest absolute Gasteiger partial charge is 0.455 e. The van der Waals surface area contributed by atoms with Gasteiger partial charge in [0.1, 0.15) is 6.10 Å². The second kappa shape index (κ2) is 12.7. The predicted octanol–water partition coefficient (Wildman–Crippen LogP) is 4.77. The Morgan fingerprint density at radius 3 is 1.92 bits per heavy atom. The minimum Gasteiger partial charge on any atom is -0.455 e. The molecule has 0 aromatic heterocycles. The Kier molecular flexibility index (Phi) is 9.34. The van der Waals surface area contributed by atoms with Crippen LogP contribution in [-0.2, 0) is 25.3 Å². The number of carbonyl (C=O) groups is 1. The van der Waals surface area contributed by atoms with Gasteiger partial charge < -0.3 is 19.0 Å². The van der Waals surface area contributed by atoms with E-state index < -0.39 is 32.6 Å². The molecule has 3 atom stereocenters. The zero-order chi connectivity index (χ0) is 27.0. The summed E-state index contributed by atoms with van der Waals surface area (Å²) in [5.74, 6) is -0.652. The first kappa shape index (κ1) is 28.0. The van der Waals surface area contributed by atoms with Crippen molar-refractivity contribution < 1.29 is 23.8 Å². The maximum absolute atomic E-state index is 12.8. The van der Waals surface area contributed by atoms with Gasteiger partial charge in [-0.2, -0.15) is 0 Å². The molecule has 0 bridgehead atoms. The first-order chi connectivity index (χ1) is 18.3. The molecule has 1 heterocycles. The summed E-state index contributed by atoms with van der Waals surface area (Å²) in [7, 11) is -2.86. The van der Waals surface area contributed by atoms with E-state index in [0.717, 1.165) is 15.9 Å². The average Bonchev–Trinajstić information content (AvgIpc) is 2.99. The van der Waals surface area contributed by atoms with Crippen LogP contribution in [0, 0.1) is 0 Å². The number of benzene rings is 3. The van der Waals surface area contributed by atoms with Crippen LogP contribution in [0.5, 0.6) is 0 Å². The molecule has 0 saturated carbocycles. The Hall–Kier alpha value is -3.03. The lowest BCUT2D eigenvalue weighted by Crippen LogP contribution is -2.67. The molecule has 0 aliphatic carbocycles. The topological polar surface area (TPSA) is 65.0 Å². The summed E-state index contributed by atoms with van der Waals surface area (Å²) in [6, 6.07) is 30.7. The van der Waals surface area contributed by atoms with E-state index in [-0.39, 0.29) is 18.1 Å². The Morgan fingerprint density at radius 2 is 1.37 bits per heavy atom. The Labute approximate surface area is 227 Å². The van der Waals surface area contributed by atoms with Crippen molar-refractivity contribution in [2.24, 2.45) is 0 Å². The van der Waals surface area contributed by atoms with Crippen LogP contribution in [-0.4, -0.2) is 44.3 Å². The molecule has 0 spiro atoms.